The summed E-state index contributed by atoms with van der Waals surface area (Å²) in [5.41, 5.74) is -0.617. The molecule has 0 spiro atoms. The highest BCUT2D eigenvalue weighted by molar-refractivity contribution is 6.74. The fourth-order valence-electron chi connectivity index (χ4n) is 2.25. The molecule has 1 rings (SSSR count). The predicted molar refractivity (Wildman–Crippen MR) is 93.8 cm³/mol. The van der Waals surface area contributed by atoms with E-state index in [2.05, 4.69) is 33.9 Å². The van der Waals surface area contributed by atoms with Gasteiger partial charge < -0.3 is 9.16 Å². The molecule has 1 heterocycles. The summed E-state index contributed by atoms with van der Waals surface area (Å²) < 4.78 is 11.6. The van der Waals surface area contributed by atoms with Crippen LogP contribution in [0.25, 0.3) is 0 Å². The van der Waals surface area contributed by atoms with Crippen LogP contribution in [0.5, 0.6) is 0 Å². The molecule has 1 saturated heterocycles. The molecule has 0 radical (unpaired) electrons. The average molecular weight is 344 g/mol. The summed E-state index contributed by atoms with van der Waals surface area (Å²) in [4.78, 5) is 26.0. The molecule has 0 aliphatic carbocycles. The van der Waals surface area contributed by atoms with Crippen molar-refractivity contribution in [2.75, 3.05) is 6.61 Å². The Balaban J connectivity index is 2.84. The largest absolute Gasteiger partial charge is 0.443 e. The van der Waals surface area contributed by atoms with Crippen molar-refractivity contribution in [1.29, 1.82) is 0 Å². The molecule has 0 aromatic heterocycles. The van der Waals surface area contributed by atoms with Crippen molar-refractivity contribution in [3.63, 3.8) is 0 Å². The van der Waals surface area contributed by atoms with Gasteiger partial charge in [-0.1, -0.05) is 27.7 Å². The maximum atomic E-state index is 12.4. The number of carbonyl (C=O) groups excluding carboxylic acids is 2. The first kappa shape index (κ1) is 20.2. The Labute approximate surface area is 141 Å². The maximum Gasteiger partial charge on any atom is 0.417 e. The molecule has 1 aliphatic rings. The van der Waals surface area contributed by atoms with Crippen LogP contribution in [-0.2, 0) is 14.0 Å². The second-order valence-corrected chi connectivity index (χ2v) is 13.9. The summed E-state index contributed by atoms with van der Waals surface area (Å²) in [5, 5.41) is 0.0952. The van der Waals surface area contributed by atoms with Crippen LogP contribution in [0, 0.1) is 5.92 Å². The van der Waals surface area contributed by atoms with Crippen molar-refractivity contribution < 1.29 is 18.8 Å². The van der Waals surface area contributed by atoms with Crippen LogP contribution in [0.4, 0.5) is 4.79 Å². The Hall–Kier alpha value is -0.883. The molecule has 6 heteroatoms. The molecule has 1 aliphatic heterocycles. The fourth-order valence-corrected chi connectivity index (χ4v) is 3.29. The molecule has 0 aromatic carbocycles. The minimum absolute atomic E-state index is 0.0952. The molecule has 0 N–H and O–H groups in total. The number of likely N-dealkylation sites (tertiary alicyclic amines) is 1. The highest BCUT2D eigenvalue weighted by Gasteiger charge is 2.45. The topological polar surface area (TPSA) is 55.8 Å². The van der Waals surface area contributed by atoms with E-state index in [1.165, 1.54) is 4.90 Å². The first-order chi connectivity index (χ1) is 10.2. The summed E-state index contributed by atoms with van der Waals surface area (Å²) in [6.07, 6.45) is 0.0721. The van der Waals surface area contributed by atoms with Gasteiger partial charge in [0.05, 0.1) is 12.6 Å². The summed E-state index contributed by atoms with van der Waals surface area (Å²) >= 11 is 0. The van der Waals surface area contributed by atoms with Crippen LogP contribution in [0.1, 0.15) is 54.9 Å². The monoisotopic (exact) mass is 343 g/mol. The zero-order valence-corrected chi connectivity index (χ0v) is 17.1. The van der Waals surface area contributed by atoms with Crippen LogP contribution in [0.15, 0.2) is 0 Å². The third-order valence-electron chi connectivity index (χ3n) is 4.68. The Kier molecular flexibility index (Phi) is 5.74. The average Bonchev–Trinajstić information content (AvgIpc) is 2.59. The van der Waals surface area contributed by atoms with E-state index in [4.69, 9.17) is 9.16 Å². The van der Waals surface area contributed by atoms with Crippen LogP contribution in [0.2, 0.25) is 18.1 Å². The van der Waals surface area contributed by atoms with Gasteiger partial charge in [0.25, 0.3) is 0 Å². The molecular weight excluding hydrogens is 310 g/mol. The molecule has 0 bridgehead atoms. The van der Waals surface area contributed by atoms with Crippen LogP contribution < -0.4 is 0 Å². The zero-order chi connectivity index (χ0) is 18.2. The molecule has 2 atom stereocenters. The van der Waals surface area contributed by atoms with Gasteiger partial charge in [0, 0.05) is 5.92 Å². The number of imide groups is 1. The number of carbonyl (C=O) groups is 2. The zero-order valence-electron chi connectivity index (χ0n) is 16.1. The number of hydrogen-bond donors (Lipinski definition) is 0. The van der Waals surface area contributed by atoms with Crippen molar-refractivity contribution in [2.45, 2.75) is 84.7 Å². The lowest BCUT2D eigenvalue weighted by Gasteiger charge is -2.37. The summed E-state index contributed by atoms with van der Waals surface area (Å²) in [6.45, 7) is 18.5. The SMILES string of the molecule is C[C@H]1C[C@@H](CO[Si](C)(C)C(C)(C)C)N(C(=O)OC(C)(C)C)C1=O. The second kappa shape index (κ2) is 6.55. The maximum absolute atomic E-state index is 12.4. The molecule has 134 valence electrons. The lowest BCUT2D eigenvalue weighted by atomic mass is 10.1. The number of rotatable bonds is 3. The van der Waals surface area contributed by atoms with Crippen LogP contribution >= 0.6 is 0 Å². The van der Waals surface area contributed by atoms with Crippen molar-refractivity contribution >= 4 is 20.3 Å². The van der Waals surface area contributed by atoms with Gasteiger partial charge in [0.2, 0.25) is 5.91 Å². The highest BCUT2D eigenvalue weighted by atomic mass is 28.4. The van der Waals surface area contributed by atoms with Crippen molar-refractivity contribution in [3.8, 4) is 0 Å². The molecule has 1 fully saturated rings. The number of hydrogen-bond acceptors (Lipinski definition) is 4. The van der Waals surface area contributed by atoms with E-state index in [-0.39, 0.29) is 22.9 Å². The van der Waals surface area contributed by atoms with Gasteiger partial charge in [0.1, 0.15) is 5.60 Å². The van der Waals surface area contributed by atoms with Crippen LogP contribution in [0.3, 0.4) is 0 Å². The third-order valence-corrected chi connectivity index (χ3v) is 9.18. The normalized spacial score (nSPS) is 23.3. The van der Waals surface area contributed by atoms with Crippen molar-refractivity contribution in [2.24, 2.45) is 5.92 Å². The van der Waals surface area contributed by atoms with Gasteiger partial charge in [0.15, 0.2) is 8.32 Å². The highest BCUT2D eigenvalue weighted by Crippen LogP contribution is 2.37. The summed E-state index contributed by atoms with van der Waals surface area (Å²) in [6, 6.07) is -0.235. The lowest BCUT2D eigenvalue weighted by molar-refractivity contribution is -0.131. The van der Waals surface area contributed by atoms with E-state index < -0.39 is 20.0 Å². The number of ether oxygens (including phenoxy) is 1. The number of amides is 2. The molecule has 2 amide bonds. The molecule has 0 aromatic rings. The van der Waals surface area contributed by atoms with Gasteiger partial charge in [-0.3, -0.25) is 4.79 Å². The van der Waals surface area contributed by atoms with Crippen molar-refractivity contribution in [3.05, 3.63) is 0 Å². The lowest BCUT2D eigenvalue weighted by Crippen LogP contribution is -2.48. The Morgan fingerprint density at radius 3 is 2.17 bits per heavy atom. The minimum atomic E-state index is -1.92. The van der Waals surface area contributed by atoms with E-state index in [9.17, 15) is 9.59 Å². The van der Waals surface area contributed by atoms with E-state index in [0.29, 0.717) is 13.0 Å². The van der Waals surface area contributed by atoms with E-state index in [1.807, 2.05) is 6.92 Å². The Morgan fingerprint density at radius 1 is 1.22 bits per heavy atom. The van der Waals surface area contributed by atoms with E-state index in [0.717, 1.165) is 0 Å². The second-order valence-electron chi connectivity index (χ2n) is 9.05. The van der Waals surface area contributed by atoms with Gasteiger partial charge in [-0.25, -0.2) is 9.69 Å². The first-order valence-corrected chi connectivity index (χ1v) is 11.3. The molecule has 0 saturated carbocycles. The van der Waals surface area contributed by atoms with Gasteiger partial charge in [-0.2, -0.15) is 0 Å². The first-order valence-electron chi connectivity index (χ1n) is 8.36. The smallest absolute Gasteiger partial charge is 0.417 e. The predicted octanol–water partition coefficient (Wildman–Crippen LogP) is 4.18. The van der Waals surface area contributed by atoms with Gasteiger partial charge >= 0.3 is 6.09 Å². The standard InChI is InChI=1S/C17H33NO4Si/c1-12-10-13(11-21-23(8,9)17(5,6)7)18(14(12)19)15(20)22-16(2,3)4/h12-13H,10-11H2,1-9H3/t12-,13-/m0/s1. The summed E-state index contributed by atoms with van der Waals surface area (Å²) in [5.74, 6) is -0.335. The van der Waals surface area contributed by atoms with Crippen molar-refractivity contribution in [1.82, 2.24) is 4.90 Å². The van der Waals surface area contributed by atoms with Gasteiger partial charge in [-0.05, 0) is 45.3 Å². The Morgan fingerprint density at radius 2 is 1.74 bits per heavy atom. The minimum Gasteiger partial charge on any atom is -0.443 e. The van der Waals surface area contributed by atoms with Gasteiger partial charge in [-0.15, -0.1) is 0 Å². The Bertz CT molecular complexity index is 462. The van der Waals surface area contributed by atoms with Crippen LogP contribution in [-0.4, -0.2) is 43.5 Å². The quantitative estimate of drug-likeness (QED) is 0.721. The molecule has 0 unspecified atom stereocenters. The fraction of sp³-hybridized carbons (Fsp3) is 0.882. The third kappa shape index (κ3) is 5.04. The summed E-state index contributed by atoms with van der Waals surface area (Å²) in [7, 11) is -1.92. The van der Waals surface area contributed by atoms with E-state index >= 15 is 0 Å². The molecule has 23 heavy (non-hydrogen) atoms. The molecular formula is C17H33NO4Si. The number of nitrogens with zero attached hydrogens (tertiary/aromatic N) is 1. The molecule has 5 nitrogen and oxygen atoms in total. The van der Waals surface area contributed by atoms with E-state index in [1.54, 1.807) is 20.8 Å².